The van der Waals surface area contributed by atoms with Crippen molar-refractivity contribution >= 4 is 11.3 Å². The van der Waals surface area contributed by atoms with Crippen molar-refractivity contribution in [3.05, 3.63) is 64.0 Å². The monoisotopic (exact) mass is 394 g/mol. The summed E-state index contributed by atoms with van der Waals surface area (Å²) in [6, 6.07) is 7.35. The van der Waals surface area contributed by atoms with E-state index in [1.807, 2.05) is 25.2 Å². The van der Waals surface area contributed by atoms with E-state index in [0.29, 0.717) is 24.7 Å². The fourth-order valence-corrected chi connectivity index (χ4v) is 2.96. The number of rotatable bonds is 8. The number of allylic oxidation sites excluding steroid dienone is 1. The summed E-state index contributed by atoms with van der Waals surface area (Å²) in [6.45, 7) is 0.892. The number of hydrogen-bond acceptors (Lipinski definition) is 7. The Bertz CT molecular complexity index is 1110. The van der Waals surface area contributed by atoms with E-state index in [4.69, 9.17) is 9.47 Å². The van der Waals surface area contributed by atoms with Crippen LogP contribution >= 0.6 is 0 Å². The van der Waals surface area contributed by atoms with E-state index in [9.17, 15) is 4.79 Å². The molecule has 0 saturated carbocycles. The summed E-state index contributed by atoms with van der Waals surface area (Å²) in [5, 5.41) is 11.4. The van der Waals surface area contributed by atoms with Crippen molar-refractivity contribution < 1.29 is 9.47 Å². The Morgan fingerprint density at radius 3 is 2.76 bits per heavy atom. The van der Waals surface area contributed by atoms with Crippen LogP contribution in [0.25, 0.3) is 5.57 Å². The first-order valence-electron chi connectivity index (χ1n) is 9.18. The molecule has 3 aromatic rings. The predicted molar refractivity (Wildman–Crippen MR) is 108 cm³/mol. The average Bonchev–Trinajstić information content (AvgIpc) is 3.40. The summed E-state index contributed by atoms with van der Waals surface area (Å²) < 4.78 is 14.0. The lowest BCUT2D eigenvalue weighted by Gasteiger charge is -2.10. The Morgan fingerprint density at radius 2 is 2.07 bits per heavy atom. The van der Waals surface area contributed by atoms with Crippen LogP contribution in [-0.4, -0.2) is 38.3 Å². The van der Waals surface area contributed by atoms with E-state index in [-0.39, 0.29) is 5.56 Å². The van der Waals surface area contributed by atoms with E-state index in [1.54, 1.807) is 37.3 Å². The molecule has 3 aromatic heterocycles. The molecule has 0 fully saturated rings. The summed E-state index contributed by atoms with van der Waals surface area (Å²) in [5.41, 5.74) is 4.45. The van der Waals surface area contributed by atoms with Gasteiger partial charge in [-0.1, -0.05) is 0 Å². The number of aryl methyl sites for hydroxylation is 2. The highest BCUT2D eigenvalue weighted by atomic mass is 16.5. The van der Waals surface area contributed by atoms with Gasteiger partial charge in [0.15, 0.2) is 0 Å². The lowest BCUT2D eigenvalue weighted by Crippen LogP contribution is -2.24. The summed E-state index contributed by atoms with van der Waals surface area (Å²) in [5.74, 6) is 1.12. The van der Waals surface area contributed by atoms with Crippen LogP contribution in [-0.2, 0) is 20.6 Å². The molecule has 9 heteroatoms. The second-order valence-electron chi connectivity index (χ2n) is 6.76. The molecule has 0 amide bonds. The van der Waals surface area contributed by atoms with Gasteiger partial charge in [0.05, 0.1) is 31.2 Å². The van der Waals surface area contributed by atoms with Crippen molar-refractivity contribution in [2.75, 3.05) is 19.0 Å². The van der Waals surface area contributed by atoms with Crippen molar-refractivity contribution in [1.82, 2.24) is 24.5 Å². The van der Waals surface area contributed by atoms with Gasteiger partial charge in [0.2, 0.25) is 5.88 Å². The number of hydrogen-bond donors (Lipinski definition) is 1. The second kappa shape index (κ2) is 7.78. The van der Waals surface area contributed by atoms with Crippen molar-refractivity contribution in [2.24, 2.45) is 14.1 Å². The van der Waals surface area contributed by atoms with Crippen molar-refractivity contribution in [2.45, 2.75) is 13.0 Å². The Labute approximate surface area is 167 Å². The lowest BCUT2D eigenvalue weighted by atomic mass is 10.3. The number of nitrogens with one attached hydrogen (secondary N) is 1. The third kappa shape index (κ3) is 4.13. The molecule has 0 atom stereocenters. The zero-order valence-electron chi connectivity index (χ0n) is 16.5. The number of methoxy groups -OCH3 is 1. The first kappa shape index (κ1) is 18.7. The molecule has 29 heavy (non-hydrogen) atoms. The molecule has 150 valence electrons. The number of aromatic nitrogens is 5. The number of nitrogens with zero attached hydrogens (tertiary/aromatic N) is 5. The topological polar surface area (TPSA) is 96.1 Å². The maximum Gasteiger partial charge on any atom is 0.290 e. The Kier molecular flexibility index (Phi) is 5.03. The molecule has 1 aliphatic carbocycles. The largest absolute Gasteiger partial charge is 0.495 e. The SMILES string of the molecule is COc1ccc(C2=C(COc3cc(NCc4ccnn4C)c(=O)n(C)n3)C2)nc1. The number of ether oxygens (including phenoxy) is 2. The quantitative estimate of drug-likeness (QED) is 0.622. The van der Waals surface area contributed by atoms with Crippen LogP contribution in [0.15, 0.2) is 47.0 Å². The highest BCUT2D eigenvalue weighted by molar-refractivity contribution is 5.81. The maximum absolute atomic E-state index is 12.3. The van der Waals surface area contributed by atoms with Gasteiger partial charge in [0.25, 0.3) is 5.56 Å². The van der Waals surface area contributed by atoms with E-state index < -0.39 is 0 Å². The zero-order chi connectivity index (χ0) is 20.4. The fraction of sp³-hybridized carbons (Fsp3) is 0.300. The van der Waals surface area contributed by atoms with Gasteiger partial charge in [0, 0.05) is 26.4 Å². The fourth-order valence-electron chi connectivity index (χ4n) is 2.96. The van der Waals surface area contributed by atoms with Gasteiger partial charge in [-0.2, -0.15) is 5.10 Å². The Hall–Kier alpha value is -3.62. The molecule has 4 rings (SSSR count). The Balaban J connectivity index is 1.42. The van der Waals surface area contributed by atoms with Gasteiger partial charge in [-0.25, -0.2) is 4.68 Å². The van der Waals surface area contributed by atoms with Gasteiger partial charge < -0.3 is 14.8 Å². The second-order valence-corrected chi connectivity index (χ2v) is 6.76. The van der Waals surface area contributed by atoms with Crippen molar-refractivity contribution in [3.8, 4) is 11.6 Å². The summed E-state index contributed by atoms with van der Waals surface area (Å²) >= 11 is 0. The highest BCUT2D eigenvalue weighted by Crippen LogP contribution is 2.39. The highest BCUT2D eigenvalue weighted by Gasteiger charge is 2.25. The van der Waals surface area contributed by atoms with E-state index in [2.05, 4.69) is 20.5 Å². The van der Waals surface area contributed by atoms with Crippen LogP contribution in [0.2, 0.25) is 0 Å². The maximum atomic E-state index is 12.3. The number of anilines is 1. The molecule has 0 saturated heterocycles. The summed E-state index contributed by atoms with van der Waals surface area (Å²) in [6.07, 6.45) is 4.28. The molecule has 1 N–H and O–H groups in total. The minimum atomic E-state index is -0.215. The molecular weight excluding hydrogens is 372 g/mol. The van der Waals surface area contributed by atoms with Gasteiger partial charge >= 0.3 is 0 Å². The normalized spacial score (nSPS) is 12.8. The minimum Gasteiger partial charge on any atom is -0.495 e. The summed E-state index contributed by atoms with van der Waals surface area (Å²) in [7, 11) is 5.08. The minimum absolute atomic E-state index is 0.215. The molecule has 0 aliphatic heterocycles. The van der Waals surface area contributed by atoms with E-state index in [1.165, 1.54) is 15.8 Å². The van der Waals surface area contributed by atoms with Crippen LogP contribution in [0, 0.1) is 0 Å². The van der Waals surface area contributed by atoms with Gasteiger partial charge in [-0.15, -0.1) is 5.10 Å². The van der Waals surface area contributed by atoms with E-state index >= 15 is 0 Å². The first-order valence-corrected chi connectivity index (χ1v) is 9.18. The van der Waals surface area contributed by atoms with Crippen LogP contribution in [0.4, 0.5) is 5.69 Å². The van der Waals surface area contributed by atoms with Crippen LogP contribution in [0.3, 0.4) is 0 Å². The smallest absolute Gasteiger partial charge is 0.290 e. The molecule has 0 bridgehead atoms. The van der Waals surface area contributed by atoms with Crippen LogP contribution in [0.5, 0.6) is 11.6 Å². The molecule has 0 unspecified atom stereocenters. The van der Waals surface area contributed by atoms with Gasteiger partial charge in [0.1, 0.15) is 18.0 Å². The average molecular weight is 394 g/mol. The number of pyridine rings is 1. The third-order valence-corrected chi connectivity index (χ3v) is 4.79. The van der Waals surface area contributed by atoms with Crippen molar-refractivity contribution in [1.29, 1.82) is 0 Å². The molecule has 0 spiro atoms. The third-order valence-electron chi connectivity index (χ3n) is 4.79. The molecule has 3 heterocycles. The molecule has 0 radical (unpaired) electrons. The van der Waals surface area contributed by atoms with E-state index in [0.717, 1.165) is 23.6 Å². The van der Waals surface area contributed by atoms with Crippen LogP contribution < -0.4 is 20.3 Å². The van der Waals surface area contributed by atoms with Crippen LogP contribution in [0.1, 0.15) is 17.8 Å². The Morgan fingerprint density at radius 1 is 1.21 bits per heavy atom. The van der Waals surface area contributed by atoms with Gasteiger partial charge in [-0.05, 0) is 35.8 Å². The molecule has 1 aliphatic rings. The standard InChI is InChI=1S/C20H22N6O3/c1-25-14(6-7-23-25)10-21-18-9-19(24-26(2)20(18)27)29-12-13-8-16(13)17-5-4-15(28-3)11-22-17/h4-7,9,11,21H,8,10,12H2,1-3H3. The van der Waals surface area contributed by atoms with Crippen molar-refractivity contribution in [3.63, 3.8) is 0 Å². The zero-order valence-corrected chi connectivity index (χ0v) is 16.5. The summed E-state index contributed by atoms with van der Waals surface area (Å²) in [4.78, 5) is 16.7. The molecule has 0 aromatic carbocycles. The molecule has 9 nitrogen and oxygen atoms in total. The first-order chi connectivity index (χ1) is 14.0. The molecular formula is C20H22N6O3. The lowest BCUT2D eigenvalue weighted by molar-refractivity contribution is 0.331. The predicted octanol–water partition coefficient (Wildman–Crippen LogP) is 1.77. The van der Waals surface area contributed by atoms with Gasteiger partial charge in [-0.3, -0.25) is 14.5 Å².